The molecule has 0 aromatic heterocycles. The lowest BCUT2D eigenvalue weighted by Crippen LogP contribution is -1.74. The average molecular weight is 110 g/mol. The topological polar surface area (TPSA) is 9.23 Å². The Hall–Kier alpha value is 0.320. The summed E-state index contributed by atoms with van der Waals surface area (Å²) in [5.41, 5.74) is 0. The smallest absolute Gasteiger partial charge is 0.216 e. The van der Waals surface area contributed by atoms with Crippen LogP contribution in [-0.4, -0.2) is 13.3 Å². The van der Waals surface area contributed by atoms with Crippen molar-refractivity contribution in [3.63, 3.8) is 0 Å². The van der Waals surface area contributed by atoms with Gasteiger partial charge in [0, 0.05) is 6.66 Å². The van der Waals surface area contributed by atoms with Crippen molar-refractivity contribution in [3.8, 4) is 0 Å². The van der Waals surface area contributed by atoms with Gasteiger partial charge in [0.1, 0.15) is 0 Å². The predicted molar refractivity (Wildman–Crippen MR) is 25.6 cm³/mol. The molecule has 1 nitrogen and oxygen atoms in total. The lowest BCUT2D eigenvalue weighted by molar-refractivity contribution is 0.359. The molecule has 0 fully saturated rings. The van der Waals surface area contributed by atoms with Gasteiger partial charge in [0.25, 0.3) is 0 Å². The van der Waals surface area contributed by atoms with Crippen molar-refractivity contribution in [2.75, 3.05) is 13.3 Å². The van der Waals surface area contributed by atoms with E-state index in [-0.39, 0.29) is 0 Å². The molecule has 0 aliphatic carbocycles. The van der Waals surface area contributed by atoms with Crippen LogP contribution in [0.25, 0.3) is 0 Å². The number of halogens is 1. The maximum Gasteiger partial charge on any atom is 0.216 e. The molecule has 0 aromatic rings. The minimum atomic E-state index is -1.60. The highest BCUT2D eigenvalue weighted by molar-refractivity contribution is 7.45. The standard InChI is InChI=1S/C3H8FOP/c1-3-5-6(2)4/h3H2,1-2H3. The lowest BCUT2D eigenvalue weighted by Gasteiger charge is -1.94. The normalized spacial score (nSPS) is 14.5. The molecule has 0 aromatic carbocycles. The number of rotatable bonds is 2. The van der Waals surface area contributed by atoms with Crippen molar-refractivity contribution in [2.45, 2.75) is 6.92 Å². The second-order valence-electron chi connectivity index (χ2n) is 0.838. The number of hydrogen-bond acceptors (Lipinski definition) is 1. The molecule has 1 unspecified atom stereocenters. The largest absolute Gasteiger partial charge is 0.331 e. The zero-order chi connectivity index (χ0) is 4.99. The van der Waals surface area contributed by atoms with E-state index in [1.165, 1.54) is 6.66 Å². The molecule has 0 spiro atoms. The molecule has 38 valence electrons. The van der Waals surface area contributed by atoms with E-state index in [4.69, 9.17) is 0 Å². The fourth-order valence-electron chi connectivity index (χ4n) is 0.178. The van der Waals surface area contributed by atoms with E-state index in [0.717, 1.165) is 0 Å². The molecule has 0 saturated heterocycles. The predicted octanol–water partition coefficient (Wildman–Crippen LogP) is 1.93. The molecule has 0 bridgehead atoms. The van der Waals surface area contributed by atoms with E-state index in [2.05, 4.69) is 4.52 Å². The number of hydrogen-bond donors (Lipinski definition) is 0. The zero-order valence-corrected chi connectivity index (χ0v) is 4.83. The van der Waals surface area contributed by atoms with Crippen LogP contribution in [0.5, 0.6) is 0 Å². The van der Waals surface area contributed by atoms with E-state index >= 15 is 0 Å². The Bertz CT molecular complexity index is 32.0. The highest BCUT2D eigenvalue weighted by Crippen LogP contribution is 2.32. The van der Waals surface area contributed by atoms with Crippen LogP contribution >= 0.6 is 8.46 Å². The second kappa shape index (κ2) is 3.51. The first-order valence-corrected chi connectivity index (χ1v) is 3.39. The van der Waals surface area contributed by atoms with Gasteiger partial charge in [-0.25, -0.2) is 0 Å². The van der Waals surface area contributed by atoms with Crippen LogP contribution in [0.1, 0.15) is 6.92 Å². The summed E-state index contributed by atoms with van der Waals surface area (Å²) in [6.45, 7) is 3.69. The molecule has 0 N–H and O–H groups in total. The second-order valence-corrected chi connectivity index (χ2v) is 1.94. The first kappa shape index (κ1) is 6.32. The summed E-state index contributed by atoms with van der Waals surface area (Å²) >= 11 is 0. The van der Waals surface area contributed by atoms with Gasteiger partial charge in [-0.05, 0) is 6.92 Å². The highest BCUT2D eigenvalue weighted by Gasteiger charge is 1.90. The third-order valence-electron chi connectivity index (χ3n) is 0.307. The van der Waals surface area contributed by atoms with Crippen LogP contribution in [0.15, 0.2) is 0 Å². The van der Waals surface area contributed by atoms with E-state index in [1.54, 1.807) is 6.92 Å². The van der Waals surface area contributed by atoms with Crippen molar-refractivity contribution in [3.05, 3.63) is 0 Å². The summed E-state index contributed by atoms with van der Waals surface area (Å²) in [5.74, 6) is 0. The summed E-state index contributed by atoms with van der Waals surface area (Å²) in [4.78, 5) is 0. The van der Waals surface area contributed by atoms with Gasteiger partial charge in [0.05, 0.1) is 6.61 Å². The van der Waals surface area contributed by atoms with Gasteiger partial charge in [-0.2, -0.15) is 4.20 Å². The maximum atomic E-state index is 11.5. The van der Waals surface area contributed by atoms with Crippen molar-refractivity contribution in [1.29, 1.82) is 0 Å². The van der Waals surface area contributed by atoms with Gasteiger partial charge in [0.2, 0.25) is 8.46 Å². The fourth-order valence-corrected chi connectivity index (χ4v) is 0.534. The molecule has 0 radical (unpaired) electrons. The molecule has 0 amide bonds. The van der Waals surface area contributed by atoms with Crippen molar-refractivity contribution >= 4 is 8.46 Å². The molecular formula is C3H8FOP. The molecule has 0 saturated carbocycles. The minimum Gasteiger partial charge on any atom is -0.331 e. The van der Waals surface area contributed by atoms with Crippen molar-refractivity contribution in [1.82, 2.24) is 0 Å². The van der Waals surface area contributed by atoms with E-state index in [1.807, 2.05) is 0 Å². The molecular weight excluding hydrogens is 102 g/mol. The summed E-state index contributed by atoms with van der Waals surface area (Å²) in [5, 5.41) is 0. The third kappa shape index (κ3) is 4.32. The Balaban J connectivity index is 2.63. The van der Waals surface area contributed by atoms with Crippen LogP contribution < -0.4 is 0 Å². The van der Waals surface area contributed by atoms with Gasteiger partial charge in [-0.15, -0.1) is 0 Å². The molecule has 0 aliphatic heterocycles. The summed E-state index contributed by atoms with van der Waals surface area (Å²) in [6, 6.07) is 0. The van der Waals surface area contributed by atoms with Crippen LogP contribution in [0, 0.1) is 0 Å². The molecule has 1 atom stereocenters. The van der Waals surface area contributed by atoms with E-state index in [0.29, 0.717) is 6.61 Å². The van der Waals surface area contributed by atoms with Crippen molar-refractivity contribution < 1.29 is 8.72 Å². The SMILES string of the molecule is CCOP(C)F. The minimum absolute atomic E-state index is 0.485. The maximum absolute atomic E-state index is 11.5. The Morgan fingerprint density at radius 3 is 2.33 bits per heavy atom. The monoisotopic (exact) mass is 110 g/mol. The van der Waals surface area contributed by atoms with Crippen LogP contribution in [0.3, 0.4) is 0 Å². The Labute approximate surface area is 38.5 Å². The Morgan fingerprint density at radius 2 is 2.33 bits per heavy atom. The lowest BCUT2D eigenvalue weighted by atomic mass is 10.9. The first-order valence-electron chi connectivity index (χ1n) is 1.79. The van der Waals surface area contributed by atoms with Gasteiger partial charge in [-0.1, -0.05) is 0 Å². The van der Waals surface area contributed by atoms with E-state index in [9.17, 15) is 4.20 Å². The first-order chi connectivity index (χ1) is 2.77. The van der Waals surface area contributed by atoms with Crippen LogP contribution in [-0.2, 0) is 4.52 Å². The summed E-state index contributed by atoms with van der Waals surface area (Å²) < 4.78 is 16.0. The zero-order valence-electron chi connectivity index (χ0n) is 3.94. The van der Waals surface area contributed by atoms with Gasteiger partial charge >= 0.3 is 0 Å². The van der Waals surface area contributed by atoms with Gasteiger partial charge < -0.3 is 4.52 Å². The average Bonchev–Trinajstić information content (AvgIpc) is 1.35. The molecule has 6 heavy (non-hydrogen) atoms. The molecule has 3 heteroatoms. The Morgan fingerprint density at radius 1 is 1.83 bits per heavy atom. The highest BCUT2D eigenvalue weighted by atomic mass is 31.2. The van der Waals surface area contributed by atoms with Gasteiger partial charge in [-0.3, -0.25) is 0 Å². The molecule has 0 aliphatic rings. The molecule has 0 rings (SSSR count). The Kier molecular flexibility index (Phi) is 3.70. The molecule has 0 heterocycles. The van der Waals surface area contributed by atoms with E-state index < -0.39 is 8.46 Å². The van der Waals surface area contributed by atoms with Crippen LogP contribution in [0.4, 0.5) is 4.20 Å². The van der Waals surface area contributed by atoms with Crippen LogP contribution in [0.2, 0.25) is 0 Å². The van der Waals surface area contributed by atoms with Gasteiger partial charge in [0.15, 0.2) is 0 Å². The fraction of sp³-hybridized carbons (Fsp3) is 1.00. The van der Waals surface area contributed by atoms with Crippen molar-refractivity contribution in [2.24, 2.45) is 0 Å². The third-order valence-corrected chi connectivity index (χ3v) is 0.921. The summed E-state index contributed by atoms with van der Waals surface area (Å²) in [6.07, 6.45) is 0. The summed E-state index contributed by atoms with van der Waals surface area (Å²) in [7, 11) is -1.60. The quantitative estimate of drug-likeness (QED) is 0.493.